The largest absolute Gasteiger partial charge is 0.465 e. The lowest BCUT2D eigenvalue weighted by Crippen LogP contribution is -2.25. The number of carbonyl (C=O) groups is 2. The molecule has 1 aromatic heterocycles. The van der Waals surface area contributed by atoms with Crippen LogP contribution >= 0.6 is 0 Å². The van der Waals surface area contributed by atoms with E-state index in [-0.39, 0.29) is 11.5 Å². The van der Waals surface area contributed by atoms with E-state index in [4.69, 9.17) is 0 Å². The Hall–Kier alpha value is -3.61. The van der Waals surface area contributed by atoms with Crippen LogP contribution in [-0.4, -0.2) is 23.7 Å². The first kappa shape index (κ1) is 20.1. The van der Waals surface area contributed by atoms with Crippen molar-refractivity contribution in [3.63, 3.8) is 0 Å². The zero-order valence-electron chi connectivity index (χ0n) is 16.6. The smallest absolute Gasteiger partial charge is 0.337 e. The Labute approximate surface area is 168 Å². The summed E-state index contributed by atoms with van der Waals surface area (Å²) < 4.78 is 6.28. The Morgan fingerprint density at radius 1 is 1.00 bits per heavy atom. The van der Waals surface area contributed by atoms with E-state index in [2.05, 4.69) is 15.4 Å². The first-order valence-corrected chi connectivity index (χ1v) is 9.27. The van der Waals surface area contributed by atoms with Gasteiger partial charge in [-0.3, -0.25) is 4.79 Å². The van der Waals surface area contributed by atoms with E-state index >= 15 is 0 Å². The van der Waals surface area contributed by atoms with Crippen molar-refractivity contribution in [2.24, 2.45) is 5.92 Å². The Morgan fingerprint density at radius 2 is 1.66 bits per heavy atom. The van der Waals surface area contributed by atoms with E-state index in [1.54, 1.807) is 53.2 Å². The first-order chi connectivity index (χ1) is 13.9. The third-order valence-corrected chi connectivity index (χ3v) is 4.37. The normalized spacial score (nSPS) is 10.8. The van der Waals surface area contributed by atoms with Crippen LogP contribution in [0.5, 0.6) is 0 Å². The molecule has 2 N–H and O–H groups in total. The number of anilines is 2. The minimum absolute atomic E-state index is 0.0846. The number of ether oxygens (including phenoxy) is 1. The van der Waals surface area contributed by atoms with Gasteiger partial charge in [0.25, 0.3) is 5.56 Å². The number of benzene rings is 2. The number of nitrogens with zero attached hydrogens (tertiary/aromatic N) is 1. The molecule has 0 atom stereocenters. The highest BCUT2D eigenvalue weighted by Crippen LogP contribution is 2.21. The summed E-state index contributed by atoms with van der Waals surface area (Å²) in [4.78, 5) is 36.7. The maximum absolute atomic E-state index is 12.7. The average molecular weight is 393 g/mol. The molecule has 0 spiro atoms. The zero-order valence-corrected chi connectivity index (χ0v) is 16.6. The highest BCUT2D eigenvalue weighted by molar-refractivity contribution is 6.06. The molecule has 1 heterocycles. The number of aromatic nitrogens is 1. The summed E-state index contributed by atoms with van der Waals surface area (Å²) in [6.07, 6.45) is 1.67. The van der Waals surface area contributed by atoms with E-state index in [1.807, 2.05) is 19.9 Å². The van der Waals surface area contributed by atoms with E-state index < -0.39 is 12.0 Å². The summed E-state index contributed by atoms with van der Waals surface area (Å²) in [5, 5.41) is 6.77. The number of fused-ring (bicyclic) bond motifs is 1. The average Bonchev–Trinajstić information content (AvgIpc) is 2.71. The zero-order chi connectivity index (χ0) is 21.0. The first-order valence-electron chi connectivity index (χ1n) is 9.27. The molecule has 0 radical (unpaired) electrons. The van der Waals surface area contributed by atoms with Crippen molar-refractivity contribution in [2.75, 3.05) is 17.7 Å². The minimum Gasteiger partial charge on any atom is -0.465 e. The lowest BCUT2D eigenvalue weighted by atomic mass is 10.1. The van der Waals surface area contributed by atoms with Gasteiger partial charge in [-0.2, -0.15) is 0 Å². The number of esters is 1. The molecule has 0 saturated heterocycles. The molecule has 7 heteroatoms. The number of hydrogen-bond donors (Lipinski definition) is 2. The second-order valence-electron chi connectivity index (χ2n) is 7.09. The van der Waals surface area contributed by atoms with Gasteiger partial charge in [-0.15, -0.1) is 0 Å². The standard InChI is InChI=1S/C22H23N3O4/c1-14(2)12-25-13-19(17-6-4-5-7-18(17)20(25)26)24-22(28)23-16-10-8-15(9-11-16)21(27)29-3/h4-11,13-14H,12H2,1-3H3,(H2,23,24,28). The lowest BCUT2D eigenvalue weighted by molar-refractivity contribution is 0.0600. The number of amides is 2. The number of nitrogens with one attached hydrogen (secondary N) is 2. The summed E-state index contributed by atoms with van der Waals surface area (Å²) in [7, 11) is 1.31. The summed E-state index contributed by atoms with van der Waals surface area (Å²) >= 11 is 0. The summed E-state index contributed by atoms with van der Waals surface area (Å²) in [5.74, 6) is -0.163. The van der Waals surface area contributed by atoms with Gasteiger partial charge in [-0.1, -0.05) is 32.0 Å². The second-order valence-corrected chi connectivity index (χ2v) is 7.09. The second kappa shape index (κ2) is 8.60. The molecule has 0 aliphatic heterocycles. The van der Waals surface area contributed by atoms with Crippen molar-refractivity contribution in [3.05, 3.63) is 70.6 Å². The van der Waals surface area contributed by atoms with Crippen molar-refractivity contribution >= 4 is 34.1 Å². The number of rotatable bonds is 5. The number of hydrogen-bond acceptors (Lipinski definition) is 4. The molecule has 0 bridgehead atoms. The van der Waals surface area contributed by atoms with Crippen molar-refractivity contribution < 1.29 is 14.3 Å². The van der Waals surface area contributed by atoms with Crippen LogP contribution in [0.1, 0.15) is 24.2 Å². The number of urea groups is 1. The van der Waals surface area contributed by atoms with Gasteiger partial charge in [-0.25, -0.2) is 9.59 Å². The van der Waals surface area contributed by atoms with Crippen LogP contribution in [0.4, 0.5) is 16.2 Å². The number of carbonyl (C=O) groups excluding carboxylic acids is 2. The summed E-state index contributed by atoms with van der Waals surface area (Å²) in [6.45, 7) is 4.60. The lowest BCUT2D eigenvalue weighted by Gasteiger charge is -2.15. The predicted octanol–water partition coefficient (Wildman–Crippen LogP) is 4.09. The van der Waals surface area contributed by atoms with Gasteiger partial charge in [0, 0.05) is 29.2 Å². The fourth-order valence-electron chi connectivity index (χ4n) is 3.06. The van der Waals surface area contributed by atoms with Crippen LogP contribution < -0.4 is 16.2 Å². The third-order valence-electron chi connectivity index (χ3n) is 4.37. The molecule has 0 aliphatic carbocycles. The Balaban J connectivity index is 1.85. The highest BCUT2D eigenvalue weighted by atomic mass is 16.5. The van der Waals surface area contributed by atoms with Crippen LogP contribution in [0.3, 0.4) is 0 Å². The molecular formula is C22H23N3O4. The van der Waals surface area contributed by atoms with Gasteiger partial charge in [0.15, 0.2) is 0 Å². The topological polar surface area (TPSA) is 89.4 Å². The van der Waals surface area contributed by atoms with Gasteiger partial charge < -0.3 is 19.9 Å². The van der Waals surface area contributed by atoms with Crippen LogP contribution in [-0.2, 0) is 11.3 Å². The van der Waals surface area contributed by atoms with E-state index in [1.165, 1.54) is 7.11 Å². The molecule has 29 heavy (non-hydrogen) atoms. The van der Waals surface area contributed by atoms with Gasteiger partial charge in [-0.05, 0) is 36.2 Å². The Kier molecular flexibility index (Phi) is 5.97. The van der Waals surface area contributed by atoms with Gasteiger partial charge >= 0.3 is 12.0 Å². The molecule has 7 nitrogen and oxygen atoms in total. The molecule has 0 aliphatic rings. The molecule has 2 aromatic carbocycles. The Morgan fingerprint density at radius 3 is 2.28 bits per heavy atom. The van der Waals surface area contributed by atoms with Crippen LogP contribution in [0.25, 0.3) is 10.8 Å². The molecule has 0 fully saturated rings. The third kappa shape index (κ3) is 4.63. The van der Waals surface area contributed by atoms with Crippen molar-refractivity contribution in [1.29, 1.82) is 0 Å². The van der Waals surface area contributed by atoms with Crippen molar-refractivity contribution in [1.82, 2.24) is 4.57 Å². The number of pyridine rings is 1. The molecular weight excluding hydrogens is 370 g/mol. The minimum atomic E-state index is -0.448. The fraction of sp³-hybridized carbons (Fsp3) is 0.227. The summed E-state index contributed by atoms with van der Waals surface area (Å²) in [5.41, 5.74) is 1.38. The van der Waals surface area contributed by atoms with Crippen molar-refractivity contribution in [3.8, 4) is 0 Å². The summed E-state index contributed by atoms with van der Waals surface area (Å²) in [6, 6.07) is 13.1. The van der Waals surface area contributed by atoms with Crippen LogP contribution in [0, 0.1) is 5.92 Å². The molecule has 0 unspecified atom stereocenters. The Bertz CT molecular complexity index is 1100. The monoisotopic (exact) mass is 393 g/mol. The van der Waals surface area contributed by atoms with E-state index in [0.29, 0.717) is 34.3 Å². The van der Waals surface area contributed by atoms with E-state index in [9.17, 15) is 14.4 Å². The fourth-order valence-corrected chi connectivity index (χ4v) is 3.06. The predicted molar refractivity (Wildman–Crippen MR) is 113 cm³/mol. The molecule has 150 valence electrons. The van der Waals surface area contributed by atoms with Crippen molar-refractivity contribution in [2.45, 2.75) is 20.4 Å². The SMILES string of the molecule is COC(=O)c1ccc(NC(=O)Nc2cn(CC(C)C)c(=O)c3ccccc23)cc1. The van der Waals surface area contributed by atoms with Crippen LogP contribution in [0.2, 0.25) is 0 Å². The van der Waals surface area contributed by atoms with Gasteiger partial charge in [0.05, 0.1) is 18.4 Å². The van der Waals surface area contributed by atoms with Gasteiger partial charge in [0.1, 0.15) is 0 Å². The maximum Gasteiger partial charge on any atom is 0.337 e. The molecule has 2 amide bonds. The highest BCUT2D eigenvalue weighted by Gasteiger charge is 2.12. The molecule has 3 aromatic rings. The van der Waals surface area contributed by atoms with Gasteiger partial charge in [0.2, 0.25) is 0 Å². The maximum atomic E-state index is 12.7. The quantitative estimate of drug-likeness (QED) is 0.639. The van der Waals surface area contributed by atoms with Crippen LogP contribution in [0.15, 0.2) is 59.5 Å². The number of methoxy groups -OCH3 is 1. The molecule has 0 saturated carbocycles. The van der Waals surface area contributed by atoms with E-state index in [0.717, 1.165) is 0 Å². The molecule has 3 rings (SSSR count).